The minimum Gasteiger partial charge on any atom is -0.454 e. The number of sulfonamides is 1. The SMILES string of the molecule is O=C(Nc1ccc(S(=O)(=O)NCc2ccc3c(c2)OCO3)cc1)N1CCCC1. The number of nitrogens with zero attached hydrogens (tertiary/aromatic N) is 1. The van der Waals surface area contributed by atoms with E-state index in [2.05, 4.69) is 10.0 Å². The van der Waals surface area contributed by atoms with Gasteiger partial charge in [-0.2, -0.15) is 0 Å². The van der Waals surface area contributed by atoms with E-state index < -0.39 is 10.0 Å². The van der Waals surface area contributed by atoms with Crippen LogP contribution in [0.15, 0.2) is 47.4 Å². The number of hydrogen-bond donors (Lipinski definition) is 2. The molecule has 28 heavy (non-hydrogen) atoms. The molecule has 2 amide bonds. The average Bonchev–Trinajstić information content (AvgIpc) is 3.38. The lowest BCUT2D eigenvalue weighted by molar-refractivity contribution is 0.174. The summed E-state index contributed by atoms with van der Waals surface area (Å²) in [7, 11) is -3.68. The van der Waals surface area contributed by atoms with Crippen molar-refractivity contribution in [1.82, 2.24) is 9.62 Å². The quantitative estimate of drug-likeness (QED) is 0.800. The molecule has 2 N–H and O–H groups in total. The Morgan fingerprint density at radius 1 is 1.00 bits per heavy atom. The molecular weight excluding hydrogens is 382 g/mol. The number of carbonyl (C=O) groups excluding carboxylic acids is 1. The average molecular weight is 403 g/mol. The van der Waals surface area contributed by atoms with Crippen LogP contribution in [0.4, 0.5) is 10.5 Å². The highest BCUT2D eigenvalue weighted by atomic mass is 32.2. The number of nitrogens with one attached hydrogen (secondary N) is 2. The summed E-state index contributed by atoms with van der Waals surface area (Å²) < 4.78 is 38.2. The van der Waals surface area contributed by atoms with Gasteiger partial charge in [0.15, 0.2) is 11.5 Å². The van der Waals surface area contributed by atoms with Gasteiger partial charge in [0.1, 0.15) is 0 Å². The number of fused-ring (bicyclic) bond motifs is 1. The molecule has 0 radical (unpaired) electrons. The van der Waals surface area contributed by atoms with Crippen molar-refractivity contribution in [3.05, 3.63) is 48.0 Å². The number of ether oxygens (including phenoxy) is 2. The number of likely N-dealkylation sites (tertiary alicyclic amines) is 1. The highest BCUT2D eigenvalue weighted by molar-refractivity contribution is 7.89. The smallest absolute Gasteiger partial charge is 0.321 e. The number of amides is 2. The van der Waals surface area contributed by atoms with Crippen molar-refractivity contribution in [2.75, 3.05) is 25.2 Å². The van der Waals surface area contributed by atoms with Crippen molar-refractivity contribution in [2.24, 2.45) is 0 Å². The Morgan fingerprint density at radius 3 is 2.46 bits per heavy atom. The summed E-state index contributed by atoms with van der Waals surface area (Å²) in [5, 5.41) is 2.79. The molecule has 0 bridgehead atoms. The van der Waals surface area contributed by atoms with Crippen molar-refractivity contribution in [3.8, 4) is 11.5 Å². The van der Waals surface area contributed by atoms with E-state index in [4.69, 9.17) is 9.47 Å². The van der Waals surface area contributed by atoms with Crippen LogP contribution < -0.4 is 19.5 Å². The van der Waals surface area contributed by atoms with E-state index in [1.807, 2.05) is 0 Å². The maximum Gasteiger partial charge on any atom is 0.321 e. The van der Waals surface area contributed by atoms with Gasteiger partial charge in [-0.15, -0.1) is 0 Å². The summed E-state index contributed by atoms with van der Waals surface area (Å²) in [6.07, 6.45) is 2.03. The molecule has 8 nitrogen and oxygen atoms in total. The molecule has 0 aliphatic carbocycles. The second-order valence-electron chi connectivity index (χ2n) is 6.66. The number of carbonyl (C=O) groups is 1. The Hall–Kier alpha value is -2.78. The van der Waals surface area contributed by atoms with Gasteiger partial charge < -0.3 is 19.7 Å². The van der Waals surface area contributed by atoms with Crippen molar-refractivity contribution in [2.45, 2.75) is 24.3 Å². The highest BCUT2D eigenvalue weighted by Crippen LogP contribution is 2.32. The van der Waals surface area contributed by atoms with Crippen LogP contribution >= 0.6 is 0 Å². The number of anilines is 1. The summed E-state index contributed by atoms with van der Waals surface area (Å²) in [6.45, 7) is 1.81. The number of urea groups is 1. The number of benzene rings is 2. The van der Waals surface area contributed by atoms with Gasteiger partial charge in [0.05, 0.1) is 4.90 Å². The molecule has 2 aromatic carbocycles. The Kier molecular flexibility index (Phi) is 5.10. The van der Waals surface area contributed by atoms with Gasteiger partial charge in [-0.05, 0) is 54.8 Å². The Bertz CT molecular complexity index is 970. The van der Waals surface area contributed by atoms with Crippen LogP contribution in [-0.4, -0.2) is 39.2 Å². The molecule has 0 aromatic heterocycles. The Balaban J connectivity index is 1.37. The second-order valence-corrected chi connectivity index (χ2v) is 8.43. The first-order valence-electron chi connectivity index (χ1n) is 9.05. The largest absolute Gasteiger partial charge is 0.454 e. The third-order valence-corrected chi connectivity index (χ3v) is 6.13. The lowest BCUT2D eigenvalue weighted by atomic mass is 10.2. The van der Waals surface area contributed by atoms with Crippen molar-refractivity contribution < 1.29 is 22.7 Å². The van der Waals surface area contributed by atoms with Crippen LogP contribution in [-0.2, 0) is 16.6 Å². The predicted molar refractivity (Wildman–Crippen MR) is 103 cm³/mol. The van der Waals surface area contributed by atoms with Crippen LogP contribution in [0.5, 0.6) is 11.5 Å². The minimum absolute atomic E-state index is 0.131. The monoisotopic (exact) mass is 403 g/mol. The van der Waals surface area contributed by atoms with Crippen LogP contribution in [0, 0.1) is 0 Å². The van der Waals surface area contributed by atoms with E-state index in [9.17, 15) is 13.2 Å². The molecule has 2 heterocycles. The molecule has 0 atom stereocenters. The summed E-state index contributed by atoms with van der Waals surface area (Å²) >= 11 is 0. The molecule has 2 aliphatic heterocycles. The fraction of sp³-hybridized carbons (Fsp3) is 0.316. The Labute approximate surface area is 163 Å². The summed E-state index contributed by atoms with van der Waals surface area (Å²) in [6, 6.07) is 11.3. The lowest BCUT2D eigenvalue weighted by Gasteiger charge is -2.16. The van der Waals surface area contributed by atoms with Gasteiger partial charge in [-0.25, -0.2) is 17.9 Å². The third kappa shape index (κ3) is 4.05. The summed E-state index contributed by atoms with van der Waals surface area (Å²) in [5.41, 5.74) is 1.33. The number of rotatable bonds is 5. The molecule has 0 unspecified atom stereocenters. The molecule has 2 aromatic rings. The number of hydrogen-bond acceptors (Lipinski definition) is 5. The zero-order valence-electron chi connectivity index (χ0n) is 15.2. The fourth-order valence-electron chi connectivity index (χ4n) is 3.15. The zero-order valence-corrected chi connectivity index (χ0v) is 16.0. The van der Waals surface area contributed by atoms with E-state index in [1.54, 1.807) is 35.2 Å². The predicted octanol–water partition coefficient (Wildman–Crippen LogP) is 2.52. The fourth-order valence-corrected chi connectivity index (χ4v) is 4.17. The molecular formula is C19H21N3O5S. The van der Waals surface area contributed by atoms with Crippen molar-refractivity contribution in [1.29, 1.82) is 0 Å². The normalized spacial score (nSPS) is 15.6. The first-order chi connectivity index (χ1) is 13.5. The van der Waals surface area contributed by atoms with Crippen LogP contribution in [0.3, 0.4) is 0 Å². The molecule has 1 fully saturated rings. The highest BCUT2D eigenvalue weighted by Gasteiger charge is 2.19. The first kappa shape index (κ1) is 18.6. The van der Waals surface area contributed by atoms with Crippen LogP contribution in [0.1, 0.15) is 18.4 Å². The van der Waals surface area contributed by atoms with Gasteiger partial charge in [0.2, 0.25) is 16.8 Å². The van der Waals surface area contributed by atoms with E-state index in [0.29, 0.717) is 17.2 Å². The molecule has 1 saturated heterocycles. The molecule has 0 saturated carbocycles. The maximum atomic E-state index is 12.5. The van der Waals surface area contributed by atoms with Gasteiger partial charge in [-0.3, -0.25) is 0 Å². The van der Waals surface area contributed by atoms with Gasteiger partial charge in [-0.1, -0.05) is 6.07 Å². The van der Waals surface area contributed by atoms with Crippen LogP contribution in [0.25, 0.3) is 0 Å². The van der Waals surface area contributed by atoms with Gasteiger partial charge >= 0.3 is 6.03 Å². The van der Waals surface area contributed by atoms with E-state index in [0.717, 1.165) is 31.5 Å². The minimum atomic E-state index is -3.68. The maximum absolute atomic E-state index is 12.5. The topological polar surface area (TPSA) is 97.0 Å². The van der Waals surface area contributed by atoms with E-state index >= 15 is 0 Å². The molecule has 2 aliphatic rings. The van der Waals surface area contributed by atoms with E-state index in [1.165, 1.54) is 12.1 Å². The van der Waals surface area contributed by atoms with Crippen LogP contribution in [0.2, 0.25) is 0 Å². The molecule has 9 heteroatoms. The molecule has 4 rings (SSSR count). The standard InChI is InChI=1S/C19H21N3O5S/c23-19(22-9-1-2-10-22)21-15-4-6-16(7-5-15)28(24,25)20-12-14-3-8-17-18(11-14)27-13-26-17/h3-8,11,20H,1-2,9-10,12-13H2,(H,21,23). The molecule has 148 valence electrons. The van der Waals surface area contributed by atoms with Gasteiger partial charge in [0, 0.05) is 25.3 Å². The van der Waals surface area contributed by atoms with Crippen molar-refractivity contribution >= 4 is 21.7 Å². The third-order valence-electron chi connectivity index (χ3n) is 4.71. The second kappa shape index (κ2) is 7.69. The Morgan fingerprint density at radius 2 is 1.71 bits per heavy atom. The summed E-state index contributed by atoms with van der Waals surface area (Å²) in [5.74, 6) is 1.26. The molecule has 0 spiro atoms. The van der Waals surface area contributed by atoms with Gasteiger partial charge in [0.25, 0.3) is 0 Å². The summed E-state index contributed by atoms with van der Waals surface area (Å²) in [4.78, 5) is 14.0. The van der Waals surface area contributed by atoms with Crippen molar-refractivity contribution in [3.63, 3.8) is 0 Å². The van der Waals surface area contributed by atoms with E-state index in [-0.39, 0.29) is 24.3 Å². The zero-order chi connectivity index (χ0) is 19.6. The first-order valence-corrected chi connectivity index (χ1v) is 10.5. The lowest BCUT2D eigenvalue weighted by Crippen LogP contribution is -2.32.